The fourth-order valence-electron chi connectivity index (χ4n) is 1.91. The Bertz CT molecular complexity index is 413. The maximum atomic E-state index is 13.7. The molecule has 1 aromatic carbocycles. The van der Waals surface area contributed by atoms with E-state index in [4.69, 9.17) is 4.74 Å². The number of piperidine rings is 1. The molecule has 0 aromatic heterocycles. The first-order chi connectivity index (χ1) is 8.48. The molecule has 0 spiro atoms. The Labute approximate surface area is 102 Å². The molecule has 0 atom stereocenters. The molecule has 1 aromatic rings. The van der Waals surface area contributed by atoms with Crippen LogP contribution in [0, 0.1) is 5.82 Å². The summed E-state index contributed by atoms with van der Waals surface area (Å²) >= 11 is 0. The number of halogens is 4. The Balaban J connectivity index is 2.18. The molecule has 0 aliphatic carbocycles. The lowest BCUT2D eigenvalue weighted by Gasteiger charge is -2.24. The van der Waals surface area contributed by atoms with Crippen molar-refractivity contribution in [2.75, 3.05) is 13.1 Å². The fourth-order valence-corrected chi connectivity index (χ4v) is 1.91. The van der Waals surface area contributed by atoms with Crippen molar-refractivity contribution in [2.45, 2.75) is 25.1 Å². The maximum Gasteiger partial charge on any atom is 0.419 e. The predicted molar refractivity (Wildman–Crippen MR) is 57.9 cm³/mol. The third kappa shape index (κ3) is 2.93. The van der Waals surface area contributed by atoms with Crippen molar-refractivity contribution >= 4 is 0 Å². The molecule has 1 fully saturated rings. The zero-order valence-corrected chi connectivity index (χ0v) is 9.56. The number of ether oxygens (including phenoxy) is 1. The number of nitrogens with one attached hydrogen (secondary N) is 1. The van der Waals surface area contributed by atoms with Gasteiger partial charge in [0.15, 0.2) is 11.6 Å². The molecule has 100 valence electrons. The first-order valence-electron chi connectivity index (χ1n) is 5.71. The molecule has 0 amide bonds. The fraction of sp³-hybridized carbons (Fsp3) is 0.500. The first-order valence-corrected chi connectivity index (χ1v) is 5.71. The monoisotopic (exact) mass is 263 g/mol. The highest BCUT2D eigenvalue weighted by Crippen LogP contribution is 2.35. The van der Waals surface area contributed by atoms with Crippen molar-refractivity contribution in [3.05, 3.63) is 29.6 Å². The highest BCUT2D eigenvalue weighted by molar-refractivity contribution is 5.33. The van der Waals surface area contributed by atoms with Crippen LogP contribution in [-0.2, 0) is 6.18 Å². The summed E-state index contributed by atoms with van der Waals surface area (Å²) in [7, 11) is 0. The van der Waals surface area contributed by atoms with Crippen molar-refractivity contribution < 1.29 is 22.3 Å². The van der Waals surface area contributed by atoms with E-state index < -0.39 is 17.6 Å². The highest BCUT2D eigenvalue weighted by atomic mass is 19.4. The molecule has 1 aliphatic heterocycles. The average molecular weight is 263 g/mol. The molecule has 0 radical (unpaired) electrons. The molecule has 1 N–H and O–H groups in total. The molecule has 0 bridgehead atoms. The summed E-state index contributed by atoms with van der Waals surface area (Å²) in [5, 5.41) is 3.10. The molecule has 6 heteroatoms. The second-order valence-electron chi connectivity index (χ2n) is 4.18. The summed E-state index contributed by atoms with van der Waals surface area (Å²) in [6.45, 7) is 1.45. The first kappa shape index (κ1) is 13.1. The van der Waals surface area contributed by atoms with Gasteiger partial charge in [-0.2, -0.15) is 13.2 Å². The Morgan fingerprint density at radius 3 is 2.44 bits per heavy atom. The molecule has 0 saturated carbocycles. The van der Waals surface area contributed by atoms with Crippen LogP contribution in [0.1, 0.15) is 18.4 Å². The van der Waals surface area contributed by atoms with E-state index in [0.717, 1.165) is 19.2 Å². The van der Waals surface area contributed by atoms with Crippen molar-refractivity contribution in [1.29, 1.82) is 0 Å². The Hall–Kier alpha value is -1.30. The van der Waals surface area contributed by atoms with Crippen LogP contribution in [0.3, 0.4) is 0 Å². The van der Waals surface area contributed by atoms with Gasteiger partial charge in [0.1, 0.15) is 6.10 Å². The number of alkyl halides is 3. The zero-order valence-electron chi connectivity index (χ0n) is 9.56. The van der Waals surface area contributed by atoms with Crippen LogP contribution in [0.4, 0.5) is 17.6 Å². The number of hydrogen-bond donors (Lipinski definition) is 1. The molecule has 2 nitrogen and oxygen atoms in total. The van der Waals surface area contributed by atoms with Gasteiger partial charge in [-0.25, -0.2) is 4.39 Å². The van der Waals surface area contributed by atoms with E-state index in [2.05, 4.69) is 5.32 Å². The van der Waals surface area contributed by atoms with Gasteiger partial charge in [-0.05, 0) is 38.1 Å². The van der Waals surface area contributed by atoms with Gasteiger partial charge in [0, 0.05) is 0 Å². The third-order valence-corrected chi connectivity index (χ3v) is 2.85. The lowest BCUT2D eigenvalue weighted by Crippen LogP contribution is -2.34. The van der Waals surface area contributed by atoms with E-state index in [9.17, 15) is 17.6 Å². The van der Waals surface area contributed by atoms with E-state index >= 15 is 0 Å². The van der Waals surface area contributed by atoms with Crippen molar-refractivity contribution in [1.82, 2.24) is 5.32 Å². The van der Waals surface area contributed by atoms with Crippen molar-refractivity contribution in [3.63, 3.8) is 0 Å². The van der Waals surface area contributed by atoms with Gasteiger partial charge in [0.25, 0.3) is 0 Å². The minimum atomic E-state index is -4.70. The Kier molecular flexibility index (Phi) is 3.75. The van der Waals surface area contributed by atoms with Gasteiger partial charge < -0.3 is 10.1 Å². The number of benzene rings is 1. The minimum Gasteiger partial charge on any atom is -0.487 e. The number of rotatable bonds is 2. The molecule has 2 rings (SSSR count). The summed E-state index contributed by atoms with van der Waals surface area (Å²) in [5.74, 6) is -1.65. The van der Waals surface area contributed by atoms with Gasteiger partial charge in [0.05, 0.1) is 5.56 Å². The van der Waals surface area contributed by atoms with Crippen LogP contribution in [0.25, 0.3) is 0 Å². The molecule has 1 aliphatic rings. The maximum absolute atomic E-state index is 13.7. The molecule has 0 unspecified atom stereocenters. The third-order valence-electron chi connectivity index (χ3n) is 2.85. The highest BCUT2D eigenvalue weighted by Gasteiger charge is 2.35. The minimum absolute atomic E-state index is 0.232. The second kappa shape index (κ2) is 5.14. The van der Waals surface area contributed by atoms with Gasteiger partial charge in [-0.1, -0.05) is 6.07 Å². The molecular weight excluding hydrogens is 250 g/mol. The Morgan fingerprint density at radius 1 is 1.17 bits per heavy atom. The lowest BCUT2D eigenvalue weighted by molar-refractivity contribution is -0.140. The lowest BCUT2D eigenvalue weighted by atomic mass is 10.1. The van der Waals surface area contributed by atoms with E-state index in [1.54, 1.807) is 0 Å². The second-order valence-corrected chi connectivity index (χ2v) is 4.18. The largest absolute Gasteiger partial charge is 0.487 e. The van der Waals surface area contributed by atoms with E-state index in [-0.39, 0.29) is 11.9 Å². The van der Waals surface area contributed by atoms with Crippen molar-refractivity contribution in [3.8, 4) is 5.75 Å². The summed E-state index contributed by atoms with van der Waals surface area (Å²) in [4.78, 5) is 0. The summed E-state index contributed by atoms with van der Waals surface area (Å²) in [6, 6.07) is 3.10. The number of hydrogen-bond acceptors (Lipinski definition) is 2. The van der Waals surface area contributed by atoms with Gasteiger partial charge in [-0.15, -0.1) is 0 Å². The van der Waals surface area contributed by atoms with Crippen LogP contribution in [0.15, 0.2) is 18.2 Å². The summed E-state index contributed by atoms with van der Waals surface area (Å²) < 4.78 is 56.5. The van der Waals surface area contributed by atoms with Crippen LogP contribution in [0.5, 0.6) is 5.75 Å². The SMILES string of the molecule is Fc1c(OC2CCNCC2)cccc1C(F)(F)F. The molecule has 18 heavy (non-hydrogen) atoms. The topological polar surface area (TPSA) is 21.3 Å². The van der Waals surface area contributed by atoms with Gasteiger partial charge in [0.2, 0.25) is 0 Å². The van der Waals surface area contributed by atoms with Gasteiger partial charge >= 0.3 is 6.18 Å². The van der Waals surface area contributed by atoms with E-state index in [1.807, 2.05) is 0 Å². The molecular formula is C12H13F4NO. The zero-order chi connectivity index (χ0) is 13.2. The molecule has 1 heterocycles. The van der Waals surface area contributed by atoms with Crippen molar-refractivity contribution in [2.24, 2.45) is 0 Å². The van der Waals surface area contributed by atoms with Crippen LogP contribution >= 0.6 is 0 Å². The average Bonchev–Trinajstić information content (AvgIpc) is 2.32. The predicted octanol–water partition coefficient (Wildman–Crippen LogP) is 2.98. The summed E-state index contributed by atoms with van der Waals surface area (Å²) in [6.07, 6.45) is -3.60. The van der Waals surface area contributed by atoms with Crippen LogP contribution < -0.4 is 10.1 Å². The van der Waals surface area contributed by atoms with E-state index in [1.165, 1.54) is 6.07 Å². The quantitative estimate of drug-likeness (QED) is 0.828. The smallest absolute Gasteiger partial charge is 0.419 e. The van der Waals surface area contributed by atoms with Crippen LogP contribution in [-0.4, -0.2) is 19.2 Å². The van der Waals surface area contributed by atoms with Gasteiger partial charge in [-0.3, -0.25) is 0 Å². The summed E-state index contributed by atoms with van der Waals surface area (Å²) in [5.41, 5.74) is -1.28. The van der Waals surface area contributed by atoms with Crippen LogP contribution in [0.2, 0.25) is 0 Å². The molecule has 1 saturated heterocycles. The standard InChI is InChI=1S/C12H13F4NO/c13-11-9(12(14,15)16)2-1-3-10(11)18-8-4-6-17-7-5-8/h1-3,8,17H,4-7H2. The Morgan fingerprint density at radius 2 is 1.83 bits per heavy atom. The van der Waals surface area contributed by atoms with E-state index in [0.29, 0.717) is 18.9 Å². The normalized spacial score (nSPS) is 17.8.